The Morgan fingerprint density at radius 2 is 2.07 bits per heavy atom. The van der Waals surface area contributed by atoms with Gasteiger partial charge in [0.2, 0.25) is 0 Å². The molecule has 0 amide bonds. The maximum Gasteiger partial charge on any atom is 0.0638 e. The van der Waals surface area contributed by atoms with Crippen LogP contribution in [0.15, 0.2) is 6.07 Å². The average Bonchev–Trinajstić information content (AvgIpc) is 2.58. The van der Waals surface area contributed by atoms with E-state index >= 15 is 0 Å². The number of hydrogen-bond donors (Lipinski definition) is 1. The van der Waals surface area contributed by atoms with Crippen LogP contribution in [-0.2, 0) is 6.42 Å². The Bertz CT molecular complexity index is 369. The van der Waals surface area contributed by atoms with Crippen LogP contribution in [0, 0.1) is 13.8 Å². The summed E-state index contributed by atoms with van der Waals surface area (Å²) in [6.45, 7) is 8.64. The molecule has 0 aliphatic carbocycles. The molecule has 1 aliphatic heterocycles. The molecule has 0 bridgehead atoms. The molecule has 0 unspecified atom stereocenters. The molecule has 0 radical (unpaired) electrons. The zero-order chi connectivity index (χ0) is 10.3. The molecule has 0 spiro atoms. The minimum atomic E-state index is 0.977. The van der Waals surface area contributed by atoms with E-state index in [0.29, 0.717) is 0 Å². The monoisotopic (exact) mass is 190 g/mol. The number of rotatable bonds is 1. The first kappa shape index (κ1) is 9.38. The molecule has 1 aromatic carbocycles. The standard InChI is InChI=1S/C12H18N2/c1-4-14-6-5-10-8(2)7-9(3)11(13)12(10)14/h7H,4-6,13H2,1-3H3. The van der Waals surface area contributed by atoms with Gasteiger partial charge in [-0.1, -0.05) is 6.07 Å². The van der Waals surface area contributed by atoms with Gasteiger partial charge in [0.05, 0.1) is 11.4 Å². The smallest absolute Gasteiger partial charge is 0.0638 e. The summed E-state index contributed by atoms with van der Waals surface area (Å²) in [7, 11) is 0. The van der Waals surface area contributed by atoms with Crippen LogP contribution in [0.2, 0.25) is 0 Å². The van der Waals surface area contributed by atoms with Gasteiger partial charge < -0.3 is 10.6 Å². The molecule has 0 atom stereocenters. The fourth-order valence-electron chi connectivity index (χ4n) is 2.38. The Kier molecular flexibility index (Phi) is 2.14. The van der Waals surface area contributed by atoms with Crippen molar-refractivity contribution in [2.45, 2.75) is 27.2 Å². The Hall–Kier alpha value is -1.18. The van der Waals surface area contributed by atoms with Gasteiger partial charge in [-0.2, -0.15) is 0 Å². The lowest BCUT2D eigenvalue weighted by Gasteiger charge is -2.20. The van der Waals surface area contributed by atoms with E-state index in [4.69, 9.17) is 5.73 Å². The topological polar surface area (TPSA) is 29.3 Å². The molecule has 2 heteroatoms. The highest BCUT2D eigenvalue weighted by Crippen LogP contribution is 2.37. The maximum absolute atomic E-state index is 6.13. The molecule has 2 rings (SSSR count). The van der Waals surface area contributed by atoms with Crippen LogP contribution in [0.4, 0.5) is 11.4 Å². The van der Waals surface area contributed by atoms with Gasteiger partial charge in [-0.05, 0) is 43.9 Å². The number of aryl methyl sites for hydroxylation is 2. The van der Waals surface area contributed by atoms with Gasteiger partial charge in [0.15, 0.2) is 0 Å². The largest absolute Gasteiger partial charge is 0.397 e. The Morgan fingerprint density at radius 3 is 2.71 bits per heavy atom. The van der Waals surface area contributed by atoms with E-state index < -0.39 is 0 Å². The number of anilines is 2. The molecule has 1 aliphatic rings. The van der Waals surface area contributed by atoms with Crippen LogP contribution < -0.4 is 10.6 Å². The second-order valence-electron chi connectivity index (χ2n) is 4.08. The lowest BCUT2D eigenvalue weighted by atomic mass is 10.0. The Labute approximate surface area is 85.7 Å². The molecule has 1 aromatic rings. The lowest BCUT2D eigenvalue weighted by Crippen LogP contribution is -2.20. The van der Waals surface area contributed by atoms with Crippen molar-refractivity contribution in [3.05, 3.63) is 22.8 Å². The molecular formula is C12H18N2. The Balaban J connectivity index is 2.62. The third-order valence-corrected chi connectivity index (χ3v) is 3.20. The van der Waals surface area contributed by atoms with E-state index in [0.717, 1.165) is 25.2 Å². The van der Waals surface area contributed by atoms with E-state index in [1.807, 2.05) is 0 Å². The van der Waals surface area contributed by atoms with Crippen LogP contribution in [0.5, 0.6) is 0 Å². The second kappa shape index (κ2) is 3.19. The third kappa shape index (κ3) is 1.17. The highest BCUT2D eigenvalue weighted by atomic mass is 15.2. The fourth-order valence-corrected chi connectivity index (χ4v) is 2.38. The number of likely N-dealkylation sites (N-methyl/N-ethyl adjacent to an activating group) is 1. The van der Waals surface area contributed by atoms with E-state index in [2.05, 4.69) is 31.7 Å². The zero-order valence-electron chi connectivity index (χ0n) is 9.22. The van der Waals surface area contributed by atoms with E-state index in [-0.39, 0.29) is 0 Å². The van der Waals surface area contributed by atoms with Crippen molar-refractivity contribution < 1.29 is 0 Å². The van der Waals surface area contributed by atoms with Crippen LogP contribution >= 0.6 is 0 Å². The third-order valence-electron chi connectivity index (χ3n) is 3.20. The quantitative estimate of drug-likeness (QED) is 0.688. The summed E-state index contributed by atoms with van der Waals surface area (Å²) >= 11 is 0. The number of nitrogen functional groups attached to an aromatic ring is 1. The van der Waals surface area contributed by atoms with Crippen molar-refractivity contribution in [3.63, 3.8) is 0 Å². The van der Waals surface area contributed by atoms with E-state index in [9.17, 15) is 0 Å². The molecule has 0 fully saturated rings. The molecular weight excluding hydrogens is 172 g/mol. The second-order valence-corrected chi connectivity index (χ2v) is 4.08. The Morgan fingerprint density at radius 1 is 1.36 bits per heavy atom. The van der Waals surface area contributed by atoms with Crippen molar-refractivity contribution in [2.75, 3.05) is 23.7 Å². The normalized spacial score (nSPS) is 14.6. The molecule has 0 saturated heterocycles. The van der Waals surface area contributed by atoms with Crippen molar-refractivity contribution in [1.82, 2.24) is 0 Å². The van der Waals surface area contributed by atoms with Gasteiger partial charge in [0, 0.05) is 13.1 Å². The molecule has 2 N–H and O–H groups in total. The fraction of sp³-hybridized carbons (Fsp3) is 0.500. The van der Waals surface area contributed by atoms with Gasteiger partial charge in [-0.25, -0.2) is 0 Å². The predicted octanol–water partition coefficient (Wildman–Crippen LogP) is 2.27. The van der Waals surface area contributed by atoms with Crippen molar-refractivity contribution in [1.29, 1.82) is 0 Å². The van der Waals surface area contributed by atoms with E-state index in [1.165, 1.54) is 22.4 Å². The summed E-state index contributed by atoms with van der Waals surface area (Å²) in [6.07, 6.45) is 1.15. The number of fused-ring (bicyclic) bond motifs is 1. The van der Waals surface area contributed by atoms with Crippen molar-refractivity contribution >= 4 is 11.4 Å². The average molecular weight is 190 g/mol. The minimum Gasteiger partial charge on any atom is -0.397 e. The molecule has 0 saturated carbocycles. The molecule has 1 heterocycles. The summed E-state index contributed by atoms with van der Waals surface area (Å²) in [5.41, 5.74) is 12.5. The number of nitrogens with two attached hydrogens (primary N) is 1. The van der Waals surface area contributed by atoms with Crippen molar-refractivity contribution in [3.8, 4) is 0 Å². The van der Waals surface area contributed by atoms with Gasteiger partial charge in [0.1, 0.15) is 0 Å². The summed E-state index contributed by atoms with van der Waals surface area (Å²) in [5.74, 6) is 0. The number of hydrogen-bond acceptors (Lipinski definition) is 2. The lowest BCUT2D eigenvalue weighted by molar-refractivity contribution is 0.868. The number of benzene rings is 1. The summed E-state index contributed by atoms with van der Waals surface area (Å²) in [5, 5.41) is 0. The molecule has 14 heavy (non-hydrogen) atoms. The number of nitrogens with zero attached hydrogens (tertiary/aromatic N) is 1. The maximum atomic E-state index is 6.13. The van der Waals surface area contributed by atoms with Crippen molar-refractivity contribution in [2.24, 2.45) is 0 Å². The molecule has 76 valence electrons. The van der Waals surface area contributed by atoms with Gasteiger partial charge in [0.25, 0.3) is 0 Å². The first-order chi connectivity index (χ1) is 6.65. The summed E-state index contributed by atoms with van der Waals surface area (Å²) in [4.78, 5) is 2.38. The van der Waals surface area contributed by atoms with E-state index in [1.54, 1.807) is 0 Å². The zero-order valence-corrected chi connectivity index (χ0v) is 9.22. The molecule has 0 aromatic heterocycles. The van der Waals surface area contributed by atoms with Crippen LogP contribution in [0.3, 0.4) is 0 Å². The van der Waals surface area contributed by atoms with Crippen LogP contribution in [-0.4, -0.2) is 13.1 Å². The molecule has 2 nitrogen and oxygen atoms in total. The summed E-state index contributed by atoms with van der Waals surface area (Å²) in [6, 6.07) is 2.20. The highest BCUT2D eigenvalue weighted by molar-refractivity contribution is 5.78. The first-order valence-electron chi connectivity index (χ1n) is 5.28. The van der Waals surface area contributed by atoms with Crippen LogP contribution in [0.1, 0.15) is 23.6 Å². The minimum absolute atomic E-state index is 0.977. The van der Waals surface area contributed by atoms with Gasteiger partial charge >= 0.3 is 0 Å². The SMILES string of the molecule is CCN1CCc2c(C)cc(C)c(N)c21. The predicted molar refractivity (Wildman–Crippen MR) is 61.9 cm³/mol. The highest BCUT2D eigenvalue weighted by Gasteiger charge is 2.22. The van der Waals surface area contributed by atoms with Gasteiger partial charge in [-0.15, -0.1) is 0 Å². The summed E-state index contributed by atoms with van der Waals surface area (Å²) < 4.78 is 0. The van der Waals surface area contributed by atoms with Gasteiger partial charge in [-0.3, -0.25) is 0 Å². The first-order valence-corrected chi connectivity index (χ1v) is 5.28. The van der Waals surface area contributed by atoms with Crippen LogP contribution in [0.25, 0.3) is 0 Å².